The lowest BCUT2D eigenvalue weighted by molar-refractivity contribution is 0.413. The van der Waals surface area contributed by atoms with Crippen LogP contribution < -0.4 is 10.1 Å². The van der Waals surface area contributed by atoms with Gasteiger partial charge in [-0.25, -0.2) is 4.39 Å². The van der Waals surface area contributed by atoms with Crippen molar-refractivity contribution < 1.29 is 9.13 Å². The summed E-state index contributed by atoms with van der Waals surface area (Å²) >= 11 is 0. The lowest BCUT2D eigenvalue weighted by atomic mass is 10.2. The molecule has 0 saturated carbocycles. The van der Waals surface area contributed by atoms with Crippen LogP contribution in [0.2, 0.25) is 0 Å². The van der Waals surface area contributed by atoms with Gasteiger partial charge in [-0.2, -0.15) is 0 Å². The van der Waals surface area contributed by atoms with Crippen LogP contribution in [0.25, 0.3) is 0 Å². The van der Waals surface area contributed by atoms with Crippen molar-refractivity contribution in [2.75, 3.05) is 12.4 Å². The number of aromatic nitrogens is 1. The van der Waals surface area contributed by atoms with E-state index in [1.807, 2.05) is 26.0 Å². The maximum Gasteiger partial charge on any atom is 0.146 e. The van der Waals surface area contributed by atoms with E-state index >= 15 is 0 Å². The number of pyridine rings is 1. The number of aryl methyl sites for hydroxylation is 2. The average Bonchev–Trinajstić information content (AvgIpc) is 2.39. The van der Waals surface area contributed by atoms with Crippen LogP contribution in [0.1, 0.15) is 17.0 Å². The molecule has 0 aliphatic rings. The van der Waals surface area contributed by atoms with Gasteiger partial charge in [0.15, 0.2) is 0 Å². The second-order valence-corrected chi connectivity index (χ2v) is 4.48. The predicted molar refractivity (Wildman–Crippen MR) is 74.0 cm³/mol. The normalized spacial score (nSPS) is 10.3. The fourth-order valence-electron chi connectivity index (χ4n) is 1.87. The molecule has 19 heavy (non-hydrogen) atoms. The van der Waals surface area contributed by atoms with Crippen LogP contribution in [0.5, 0.6) is 5.75 Å². The number of hydrogen-bond donors (Lipinski definition) is 1. The zero-order valence-corrected chi connectivity index (χ0v) is 11.3. The van der Waals surface area contributed by atoms with E-state index in [1.54, 1.807) is 19.2 Å². The number of nitrogens with one attached hydrogen (secondary N) is 1. The molecule has 1 heterocycles. The first kappa shape index (κ1) is 13.3. The molecule has 0 aliphatic heterocycles. The molecule has 1 aromatic carbocycles. The molecule has 0 radical (unpaired) electrons. The van der Waals surface area contributed by atoms with Crippen LogP contribution in [-0.4, -0.2) is 12.1 Å². The first-order valence-corrected chi connectivity index (χ1v) is 6.10. The van der Waals surface area contributed by atoms with Crippen LogP contribution in [0, 0.1) is 19.7 Å². The molecule has 2 aromatic rings. The molecule has 100 valence electrons. The second-order valence-electron chi connectivity index (χ2n) is 4.48. The summed E-state index contributed by atoms with van der Waals surface area (Å²) in [6, 6.07) is 8.68. The molecule has 4 heteroatoms. The summed E-state index contributed by atoms with van der Waals surface area (Å²) < 4.78 is 18.8. The Balaban J connectivity index is 2.14. The quantitative estimate of drug-likeness (QED) is 0.914. The van der Waals surface area contributed by atoms with E-state index in [2.05, 4.69) is 10.3 Å². The largest absolute Gasteiger partial charge is 0.497 e. The number of anilines is 1. The van der Waals surface area contributed by atoms with E-state index in [1.165, 1.54) is 6.07 Å². The molecule has 0 atom stereocenters. The Morgan fingerprint density at radius 3 is 2.74 bits per heavy atom. The van der Waals surface area contributed by atoms with Crippen molar-refractivity contribution >= 4 is 5.69 Å². The maximum absolute atomic E-state index is 13.6. The van der Waals surface area contributed by atoms with Gasteiger partial charge in [-0.3, -0.25) is 4.98 Å². The van der Waals surface area contributed by atoms with Crippen LogP contribution in [0.4, 0.5) is 10.1 Å². The van der Waals surface area contributed by atoms with Crippen molar-refractivity contribution in [1.82, 2.24) is 4.98 Å². The number of methoxy groups -OCH3 is 1. The first-order valence-electron chi connectivity index (χ1n) is 6.10. The highest BCUT2D eigenvalue weighted by Gasteiger charge is 2.04. The Kier molecular flexibility index (Phi) is 4.00. The van der Waals surface area contributed by atoms with Crippen molar-refractivity contribution in [3.8, 4) is 5.75 Å². The molecule has 0 bridgehead atoms. The van der Waals surface area contributed by atoms with Gasteiger partial charge >= 0.3 is 0 Å². The molecule has 0 unspecified atom stereocenters. The number of ether oxygens (including phenoxy) is 1. The molecular formula is C15H17FN2O. The zero-order chi connectivity index (χ0) is 13.8. The van der Waals surface area contributed by atoms with E-state index in [4.69, 9.17) is 4.74 Å². The van der Waals surface area contributed by atoms with Crippen LogP contribution in [0.15, 0.2) is 30.3 Å². The Morgan fingerprint density at radius 2 is 2.00 bits per heavy atom. The van der Waals surface area contributed by atoms with Gasteiger partial charge in [-0.05, 0) is 31.5 Å². The van der Waals surface area contributed by atoms with Gasteiger partial charge in [0.05, 0.1) is 25.0 Å². The number of benzene rings is 1. The molecule has 0 saturated heterocycles. The minimum absolute atomic E-state index is 0.259. The topological polar surface area (TPSA) is 34.1 Å². The average molecular weight is 260 g/mol. The number of nitrogens with zero attached hydrogens (tertiary/aromatic N) is 1. The van der Waals surface area contributed by atoms with Crippen molar-refractivity contribution in [3.05, 3.63) is 53.1 Å². The van der Waals surface area contributed by atoms with Crippen LogP contribution in [0.3, 0.4) is 0 Å². The summed E-state index contributed by atoms with van der Waals surface area (Å²) in [5.41, 5.74) is 3.19. The fraction of sp³-hybridized carbons (Fsp3) is 0.267. The van der Waals surface area contributed by atoms with Crippen molar-refractivity contribution in [3.63, 3.8) is 0 Å². The minimum atomic E-state index is -0.259. The Hall–Kier alpha value is -2.10. The highest BCUT2D eigenvalue weighted by atomic mass is 19.1. The molecule has 3 nitrogen and oxygen atoms in total. The van der Waals surface area contributed by atoms with E-state index in [0.29, 0.717) is 12.2 Å². The molecular weight excluding hydrogens is 243 g/mol. The van der Waals surface area contributed by atoms with Crippen LogP contribution >= 0.6 is 0 Å². The smallest absolute Gasteiger partial charge is 0.146 e. The molecule has 1 N–H and O–H groups in total. The number of hydrogen-bond acceptors (Lipinski definition) is 3. The van der Waals surface area contributed by atoms with Gasteiger partial charge in [-0.1, -0.05) is 6.07 Å². The lowest BCUT2D eigenvalue weighted by Crippen LogP contribution is -2.04. The Morgan fingerprint density at radius 1 is 1.21 bits per heavy atom. The highest BCUT2D eigenvalue weighted by Crippen LogP contribution is 2.18. The van der Waals surface area contributed by atoms with Gasteiger partial charge in [-0.15, -0.1) is 0 Å². The maximum atomic E-state index is 13.6. The van der Waals surface area contributed by atoms with Gasteiger partial charge < -0.3 is 10.1 Å². The first-order chi connectivity index (χ1) is 9.08. The van der Waals surface area contributed by atoms with Gasteiger partial charge in [0.2, 0.25) is 0 Å². The summed E-state index contributed by atoms with van der Waals surface area (Å²) in [5, 5.41) is 3.06. The summed E-state index contributed by atoms with van der Waals surface area (Å²) in [6.07, 6.45) is 0. The lowest BCUT2D eigenvalue weighted by Gasteiger charge is -2.10. The SMILES string of the molecule is COc1cc(C)nc(CNc2cc(C)ccc2F)c1. The third-order valence-corrected chi connectivity index (χ3v) is 2.80. The zero-order valence-electron chi connectivity index (χ0n) is 11.3. The standard InChI is InChI=1S/C15H17FN2O/c1-10-4-5-14(16)15(6-10)17-9-12-8-13(19-3)7-11(2)18-12/h4-8,17H,9H2,1-3H3. The van der Waals surface area contributed by atoms with Gasteiger partial charge in [0, 0.05) is 17.8 Å². The number of halogens is 1. The predicted octanol–water partition coefficient (Wildman–Crippen LogP) is 3.46. The third kappa shape index (κ3) is 3.44. The molecule has 1 aromatic heterocycles. The molecule has 2 rings (SSSR count). The van der Waals surface area contributed by atoms with Gasteiger partial charge in [0.25, 0.3) is 0 Å². The number of rotatable bonds is 4. The fourth-order valence-corrected chi connectivity index (χ4v) is 1.87. The van der Waals surface area contributed by atoms with E-state index in [-0.39, 0.29) is 5.82 Å². The summed E-state index contributed by atoms with van der Waals surface area (Å²) in [5.74, 6) is 0.499. The molecule has 0 spiro atoms. The summed E-state index contributed by atoms with van der Waals surface area (Å²) in [7, 11) is 1.62. The Bertz CT molecular complexity index is 584. The molecule has 0 aliphatic carbocycles. The monoisotopic (exact) mass is 260 g/mol. The highest BCUT2D eigenvalue weighted by molar-refractivity contribution is 5.47. The second kappa shape index (κ2) is 5.69. The summed E-state index contributed by atoms with van der Waals surface area (Å²) in [4.78, 5) is 4.38. The van der Waals surface area contributed by atoms with Crippen molar-refractivity contribution in [2.45, 2.75) is 20.4 Å². The van der Waals surface area contributed by atoms with Crippen molar-refractivity contribution in [1.29, 1.82) is 0 Å². The molecule has 0 fully saturated rings. The minimum Gasteiger partial charge on any atom is -0.497 e. The van der Waals surface area contributed by atoms with Gasteiger partial charge in [0.1, 0.15) is 11.6 Å². The van der Waals surface area contributed by atoms with Crippen molar-refractivity contribution in [2.24, 2.45) is 0 Å². The van der Waals surface area contributed by atoms with Crippen LogP contribution in [-0.2, 0) is 6.54 Å². The van der Waals surface area contributed by atoms with E-state index in [9.17, 15) is 4.39 Å². The van der Waals surface area contributed by atoms with E-state index in [0.717, 1.165) is 22.7 Å². The van der Waals surface area contributed by atoms with E-state index < -0.39 is 0 Å². The summed E-state index contributed by atoms with van der Waals surface area (Å²) in [6.45, 7) is 4.29. The third-order valence-electron chi connectivity index (χ3n) is 2.80. The Labute approximate surface area is 112 Å². The molecule has 0 amide bonds.